The number of hydrogen-bond acceptors (Lipinski definition) is 3. The highest BCUT2D eigenvalue weighted by atomic mass is 14.8. The fraction of sp³-hybridized carbons (Fsp3) is 0.643. The number of pyridine rings is 1. The maximum absolute atomic E-state index is 6.42. The summed E-state index contributed by atoms with van der Waals surface area (Å²) in [6.45, 7) is 10.9. The molecule has 0 amide bonds. The number of nitrogens with two attached hydrogens (primary N) is 2. The molecular weight excluding hydrogens is 210 g/mol. The van der Waals surface area contributed by atoms with Crippen LogP contribution in [-0.4, -0.2) is 4.98 Å². The zero-order valence-electron chi connectivity index (χ0n) is 11.6. The van der Waals surface area contributed by atoms with Gasteiger partial charge in [-0.25, -0.2) is 4.98 Å². The molecule has 0 saturated carbocycles. The first-order valence-corrected chi connectivity index (χ1v) is 6.32. The largest absolute Gasteiger partial charge is 0.383 e. The van der Waals surface area contributed by atoms with Crippen LogP contribution in [0, 0.1) is 24.7 Å². The van der Waals surface area contributed by atoms with Crippen molar-refractivity contribution >= 4 is 5.82 Å². The van der Waals surface area contributed by atoms with Crippen LogP contribution in [0.4, 0.5) is 5.82 Å². The zero-order chi connectivity index (χ0) is 13.2. The summed E-state index contributed by atoms with van der Waals surface area (Å²) in [6, 6.07) is 1.94. The lowest BCUT2D eigenvalue weighted by atomic mass is 9.77. The van der Waals surface area contributed by atoms with Crippen LogP contribution in [0.5, 0.6) is 0 Å². The van der Waals surface area contributed by atoms with E-state index in [1.54, 1.807) is 6.20 Å². The van der Waals surface area contributed by atoms with E-state index in [2.05, 4.69) is 32.7 Å². The molecule has 0 bridgehead atoms. The maximum Gasteiger partial charge on any atom is 0.128 e. The molecule has 0 aromatic carbocycles. The van der Waals surface area contributed by atoms with Crippen LogP contribution in [0.25, 0.3) is 0 Å². The van der Waals surface area contributed by atoms with E-state index in [9.17, 15) is 0 Å². The molecule has 0 fully saturated rings. The first-order chi connectivity index (χ1) is 7.86. The summed E-state index contributed by atoms with van der Waals surface area (Å²) in [5, 5.41) is 0. The Bertz CT molecular complexity index is 343. The van der Waals surface area contributed by atoms with Crippen LogP contribution in [0.2, 0.25) is 0 Å². The van der Waals surface area contributed by atoms with Crippen molar-refractivity contribution < 1.29 is 0 Å². The monoisotopic (exact) mass is 235 g/mol. The van der Waals surface area contributed by atoms with Crippen molar-refractivity contribution in [2.24, 2.45) is 23.5 Å². The van der Waals surface area contributed by atoms with Gasteiger partial charge in [-0.3, -0.25) is 0 Å². The second kappa shape index (κ2) is 5.50. The highest BCUT2D eigenvalue weighted by Crippen LogP contribution is 2.35. The topological polar surface area (TPSA) is 64.9 Å². The van der Waals surface area contributed by atoms with Gasteiger partial charge in [0.1, 0.15) is 5.82 Å². The summed E-state index contributed by atoms with van der Waals surface area (Å²) in [5.41, 5.74) is 14.5. The standard InChI is InChI=1S/C14H25N3/c1-8(2)11(9(3)4)13(15)12-10(5)6-7-17-14(12)16/h6-9,11,13H,15H2,1-5H3,(H2,16,17). The third-order valence-corrected chi connectivity index (χ3v) is 3.53. The molecule has 0 spiro atoms. The summed E-state index contributed by atoms with van der Waals surface area (Å²) in [4.78, 5) is 4.16. The normalized spacial score (nSPS) is 13.7. The Morgan fingerprint density at radius 1 is 1.12 bits per heavy atom. The number of aryl methyl sites for hydroxylation is 1. The molecule has 1 unspecified atom stereocenters. The Labute approximate surface area is 105 Å². The predicted octanol–water partition coefficient (Wildman–Crippen LogP) is 2.90. The van der Waals surface area contributed by atoms with Crippen molar-refractivity contribution in [1.82, 2.24) is 4.98 Å². The van der Waals surface area contributed by atoms with Crippen LogP contribution in [-0.2, 0) is 0 Å². The fourth-order valence-electron chi connectivity index (χ4n) is 2.82. The first kappa shape index (κ1) is 14.0. The number of nitrogens with zero attached hydrogens (tertiary/aromatic N) is 1. The second-order valence-corrected chi connectivity index (χ2v) is 5.52. The van der Waals surface area contributed by atoms with Gasteiger partial charge in [-0.1, -0.05) is 27.7 Å². The average molecular weight is 235 g/mol. The molecule has 0 saturated heterocycles. The Morgan fingerprint density at radius 2 is 1.65 bits per heavy atom. The minimum absolute atomic E-state index is 0.0382. The molecule has 4 N–H and O–H groups in total. The van der Waals surface area contributed by atoms with E-state index in [1.807, 2.05) is 13.0 Å². The van der Waals surface area contributed by atoms with Gasteiger partial charge in [0.2, 0.25) is 0 Å². The Morgan fingerprint density at radius 3 is 2.06 bits per heavy atom. The van der Waals surface area contributed by atoms with E-state index < -0.39 is 0 Å². The zero-order valence-corrected chi connectivity index (χ0v) is 11.6. The maximum atomic E-state index is 6.42. The smallest absolute Gasteiger partial charge is 0.128 e. The molecule has 3 heteroatoms. The van der Waals surface area contributed by atoms with E-state index in [1.165, 1.54) is 0 Å². The van der Waals surface area contributed by atoms with E-state index in [-0.39, 0.29) is 6.04 Å². The molecule has 0 radical (unpaired) electrons. The van der Waals surface area contributed by atoms with Crippen LogP contribution in [0.15, 0.2) is 12.3 Å². The van der Waals surface area contributed by atoms with Gasteiger partial charge in [0.15, 0.2) is 0 Å². The Kier molecular flexibility index (Phi) is 4.52. The van der Waals surface area contributed by atoms with Gasteiger partial charge in [-0.2, -0.15) is 0 Å². The summed E-state index contributed by atoms with van der Waals surface area (Å²) < 4.78 is 0. The van der Waals surface area contributed by atoms with Crippen molar-refractivity contribution in [3.63, 3.8) is 0 Å². The van der Waals surface area contributed by atoms with Crippen molar-refractivity contribution in [2.45, 2.75) is 40.7 Å². The molecule has 1 aromatic heterocycles. The summed E-state index contributed by atoms with van der Waals surface area (Å²) in [6.07, 6.45) is 1.74. The molecule has 96 valence electrons. The molecular formula is C14H25N3. The van der Waals surface area contributed by atoms with Gasteiger partial charge >= 0.3 is 0 Å². The number of anilines is 1. The molecule has 1 atom stereocenters. The minimum atomic E-state index is -0.0382. The number of nitrogen functional groups attached to an aromatic ring is 1. The summed E-state index contributed by atoms with van der Waals surface area (Å²) >= 11 is 0. The quantitative estimate of drug-likeness (QED) is 0.843. The number of aromatic nitrogens is 1. The lowest BCUT2D eigenvalue weighted by Crippen LogP contribution is -2.31. The van der Waals surface area contributed by atoms with E-state index in [0.29, 0.717) is 23.6 Å². The summed E-state index contributed by atoms with van der Waals surface area (Å²) in [5.74, 6) is 2.05. The van der Waals surface area contributed by atoms with Crippen molar-refractivity contribution in [3.8, 4) is 0 Å². The van der Waals surface area contributed by atoms with Crippen LogP contribution in [0.3, 0.4) is 0 Å². The highest BCUT2D eigenvalue weighted by molar-refractivity contribution is 5.46. The lowest BCUT2D eigenvalue weighted by molar-refractivity contribution is 0.239. The minimum Gasteiger partial charge on any atom is -0.383 e. The Balaban J connectivity index is 3.14. The van der Waals surface area contributed by atoms with E-state index in [4.69, 9.17) is 11.5 Å². The van der Waals surface area contributed by atoms with Gasteiger partial charge in [0, 0.05) is 17.8 Å². The molecule has 1 aromatic rings. The average Bonchev–Trinajstić information content (AvgIpc) is 2.15. The van der Waals surface area contributed by atoms with E-state index in [0.717, 1.165) is 11.1 Å². The molecule has 0 aliphatic rings. The molecule has 0 aliphatic carbocycles. The second-order valence-electron chi connectivity index (χ2n) is 5.52. The summed E-state index contributed by atoms with van der Waals surface area (Å²) in [7, 11) is 0. The van der Waals surface area contributed by atoms with Crippen molar-refractivity contribution in [3.05, 3.63) is 23.4 Å². The van der Waals surface area contributed by atoms with Gasteiger partial charge < -0.3 is 11.5 Å². The molecule has 1 heterocycles. The first-order valence-electron chi connectivity index (χ1n) is 6.32. The molecule has 17 heavy (non-hydrogen) atoms. The lowest BCUT2D eigenvalue weighted by Gasteiger charge is -2.32. The predicted molar refractivity (Wildman–Crippen MR) is 73.5 cm³/mol. The third kappa shape index (κ3) is 2.97. The Hall–Kier alpha value is -1.09. The van der Waals surface area contributed by atoms with Gasteiger partial charge in [-0.05, 0) is 36.3 Å². The fourth-order valence-corrected chi connectivity index (χ4v) is 2.82. The SMILES string of the molecule is Cc1ccnc(N)c1C(N)C(C(C)C)C(C)C. The highest BCUT2D eigenvalue weighted by Gasteiger charge is 2.28. The van der Waals surface area contributed by atoms with E-state index >= 15 is 0 Å². The van der Waals surface area contributed by atoms with Gasteiger partial charge in [0.05, 0.1) is 0 Å². The van der Waals surface area contributed by atoms with Crippen LogP contribution >= 0.6 is 0 Å². The van der Waals surface area contributed by atoms with Gasteiger partial charge in [-0.15, -0.1) is 0 Å². The van der Waals surface area contributed by atoms with Crippen LogP contribution < -0.4 is 11.5 Å². The molecule has 0 aliphatic heterocycles. The van der Waals surface area contributed by atoms with Crippen molar-refractivity contribution in [1.29, 1.82) is 0 Å². The van der Waals surface area contributed by atoms with Crippen molar-refractivity contribution in [2.75, 3.05) is 5.73 Å². The third-order valence-electron chi connectivity index (χ3n) is 3.53. The molecule has 1 rings (SSSR count). The molecule has 3 nitrogen and oxygen atoms in total. The van der Waals surface area contributed by atoms with Gasteiger partial charge in [0.25, 0.3) is 0 Å². The van der Waals surface area contributed by atoms with Crippen LogP contribution in [0.1, 0.15) is 44.9 Å². The number of hydrogen-bond donors (Lipinski definition) is 2. The number of rotatable bonds is 4.